The topological polar surface area (TPSA) is 18.5 Å². The molecule has 0 aromatic heterocycles. The minimum atomic E-state index is -0.302. The fourth-order valence-electron chi connectivity index (χ4n) is 3.54. The van der Waals surface area contributed by atoms with Gasteiger partial charge in [-0.25, -0.2) is 9.40 Å². The Bertz CT molecular complexity index is 835. The zero-order valence-corrected chi connectivity index (χ0v) is 15.8. The fraction of sp³-hybridized carbons (Fsp3) is 0.300. The molecule has 0 amide bonds. The van der Waals surface area contributed by atoms with Gasteiger partial charge in [-0.3, -0.25) is 4.90 Å². The lowest BCUT2D eigenvalue weighted by molar-refractivity contribution is 0.234. The van der Waals surface area contributed by atoms with Gasteiger partial charge < -0.3 is 5.43 Å². The van der Waals surface area contributed by atoms with Crippen LogP contribution >= 0.6 is 23.2 Å². The van der Waals surface area contributed by atoms with Gasteiger partial charge in [0.05, 0.1) is 0 Å². The molecule has 3 nitrogen and oxygen atoms in total. The maximum Gasteiger partial charge on any atom is 0.124 e. The number of rotatable bonds is 4. The zero-order valence-electron chi connectivity index (χ0n) is 14.3. The first-order valence-corrected chi connectivity index (χ1v) is 9.45. The Morgan fingerprint density at radius 2 is 1.81 bits per heavy atom. The van der Waals surface area contributed by atoms with Crippen molar-refractivity contribution in [2.24, 2.45) is 0 Å². The Morgan fingerprint density at radius 3 is 2.58 bits per heavy atom. The summed E-state index contributed by atoms with van der Waals surface area (Å²) in [6, 6.07) is 12.6. The van der Waals surface area contributed by atoms with Crippen molar-refractivity contribution in [3.63, 3.8) is 0 Å². The van der Waals surface area contributed by atoms with Crippen LogP contribution in [-0.2, 0) is 13.1 Å². The van der Waals surface area contributed by atoms with E-state index in [4.69, 9.17) is 23.2 Å². The molecule has 1 N–H and O–H groups in total. The van der Waals surface area contributed by atoms with E-state index in [1.54, 1.807) is 6.07 Å². The number of nitrogens with zero attached hydrogens (tertiary/aromatic N) is 2. The summed E-state index contributed by atoms with van der Waals surface area (Å²) >= 11 is 12.1. The first-order chi connectivity index (χ1) is 12.6. The Morgan fingerprint density at radius 1 is 1.00 bits per heavy atom. The highest BCUT2D eigenvalue weighted by atomic mass is 35.5. The summed E-state index contributed by atoms with van der Waals surface area (Å²) in [6.07, 6.45) is 1.06. The van der Waals surface area contributed by atoms with E-state index >= 15 is 0 Å². The van der Waals surface area contributed by atoms with Crippen LogP contribution in [0.25, 0.3) is 0 Å². The lowest BCUT2D eigenvalue weighted by Crippen LogP contribution is -2.36. The van der Waals surface area contributed by atoms with Crippen LogP contribution in [0.2, 0.25) is 10.0 Å². The van der Waals surface area contributed by atoms with Crippen LogP contribution < -0.4 is 5.43 Å². The average Bonchev–Trinajstić information content (AvgIpc) is 3.01. The normalized spacial score (nSPS) is 18.1. The third-order valence-electron chi connectivity index (χ3n) is 4.91. The van der Waals surface area contributed by atoms with Gasteiger partial charge in [0.1, 0.15) is 5.82 Å². The lowest BCUT2D eigenvalue weighted by atomic mass is 10.1. The molecule has 26 heavy (non-hydrogen) atoms. The third-order valence-corrected chi connectivity index (χ3v) is 5.51. The Labute approximate surface area is 163 Å². The number of hydrogen-bond acceptors (Lipinski definition) is 3. The quantitative estimate of drug-likeness (QED) is 0.820. The summed E-state index contributed by atoms with van der Waals surface area (Å²) in [4.78, 5) is 2.43. The summed E-state index contributed by atoms with van der Waals surface area (Å²) < 4.78 is 13.2. The molecular formula is C20H20Cl2FN3. The largest absolute Gasteiger partial charge is 0.321 e. The van der Waals surface area contributed by atoms with Crippen LogP contribution in [-0.4, -0.2) is 29.5 Å². The van der Waals surface area contributed by atoms with Crippen molar-refractivity contribution in [1.29, 1.82) is 0 Å². The first-order valence-electron chi connectivity index (χ1n) is 8.70. The number of hydrogen-bond donors (Lipinski definition) is 1. The Balaban J connectivity index is 1.36. The van der Waals surface area contributed by atoms with Crippen molar-refractivity contribution in [3.05, 3.63) is 80.7 Å². The molecule has 0 bridgehead atoms. The molecule has 0 saturated carbocycles. The number of halogens is 3. The van der Waals surface area contributed by atoms with Crippen LogP contribution in [0.15, 0.2) is 53.7 Å². The van der Waals surface area contributed by atoms with Crippen LogP contribution in [0.3, 0.4) is 0 Å². The van der Waals surface area contributed by atoms with Gasteiger partial charge in [0.25, 0.3) is 0 Å². The van der Waals surface area contributed by atoms with Gasteiger partial charge >= 0.3 is 0 Å². The van der Waals surface area contributed by atoms with E-state index < -0.39 is 0 Å². The zero-order chi connectivity index (χ0) is 18.1. The van der Waals surface area contributed by atoms with Crippen LogP contribution in [0, 0.1) is 5.82 Å². The number of hydrazine groups is 1. The molecule has 0 radical (unpaired) electrons. The standard InChI is InChI=1S/C20H20Cl2FN3/c21-17-4-1-14(2-5-17)10-25-8-7-16-12-26(24-20(16)13-25)11-15-3-6-18(23)9-19(15)22/h1-6,9,24H,7-8,10-13H2. The highest BCUT2D eigenvalue weighted by molar-refractivity contribution is 6.31. The van der Waals surface area contributed by atoms with Crippen LogP contribution in [0.1, 0.15) is 17.5 Å². The van der Waals surface area contributed by atoms with E-state index in [-0.39, 0.29) is 5.82 Å². The summed E-state index contributed by atoms with van der Waals surface area (Å²) in [6.45, 7) is 4.42. The Hall–Kier alpha value is -1.59. The molecule has 2 aliphatic rings. The minimum Gasteiger partial charge on any atom is -0.321 e. The molecule has 2 heterocycles. The van der Waals surface area contributed by atoms with Crippen molar-refractivity contribution in [2.75, 3.05) is 19.6 Å². The molecule has 0 aliphatic carbocycles. The van der Waals surface area contributed by atoms with E-state index in [1.165, 1.54) is 29.0 Å². The molecule has 136 valence electrons. The summed E-state index contributed by atoms with van der Waals surface area (Å²) in [5.74, 6) is -0.302. The summed E-state index contributed by atoms with van der Waals surface area (Å²) in [5.41, 5.74) is 8.44. The second kappa shape index (κ2) is 7.57. The van der Waals surface area contributed by atoms with E-state index in [0.717, 1.165) is 43.2 Å². The molecule has 2 aromatic carbocycles. The predicted octanol–water partition coefficient (Wildman–Crippen LogP) is 4.61. The van der Waals surface area contributed by atoms with Gasteiger partial charge in [-0.05, 0) is 47.4 Å². The van der Waals surface area contributed by atoms with Crippen LogP contribution in [0.5, 0.6) is 0 Å². The maximum atomic E-state index is 13.2. The van der Waals surface area contributed by atoms with Gasteiger partial charge in [0.15, 0.2) is 0 Å². The van der Waals surface area contributed by atoms with Crippen molar-refractivity contribution in [3.8, 4) is 0 Å². The minimum absolute atomic E-state index is 0.302. The van der Waals surface area contributed by atoms with Crippen molar-refractivity contribution in [2.45, 2.75) is 19.5 Å². The number of benzene rings is 2. The van der Waals surface area contributed by atoms with Crippen molar-refractivity contribution in [1.82, 2.24) is 15.3 Å². The highest BCUT2D eigenvalue weighted by Gasteiger charge is 2.27. The molecular weight excluding hydrogens is 372 g/mol. The fourth-order valence-corrected chi connectivity index (χ4v) is 3.90. The Kier molecular flexibility index (Phi) is 5.18. The molecule has 0 spiro atoms. The monoisotopic (exact) mass is 391 g/mol. The molecule has 2 aromatic rings. The maximum absolute atomic E-state index is 13.2. The SMILES string of the molecule is Fc1ccc(CN2CC3=C(CN(Cc4ccc(Cl)cc4)CC3)N2)c(Cl)c1. The summed E-state index contributed by atoms with van der Waals surface area (Å²) in [5, 5.41) is 3.39. The van der Waals surface area contributed by atoms with Gasteiger partial charge in [-0.1, -0.05) is 41.4 Å². The van der Waals surface area contributed by atoms with Crippen molar-refractivity contribution >= 4 is 23.2 Å². The molecule has 0 unspecified atom stereocenters. The van der Waals surface area contributed by atoms with Gasteiger partial charge in [-0.15, -0.1) is 0 Å². The molecule has 0 saturated heterocycles. The highest BCUT2D eigenvalue weighted by Crippen LogP contribution is 2.26. The van der Waals surface area contributed by atoms with Gasteiger partial charge in [-0.2, -0.15) is 0 Å². The molecule has 2 aliphatic heterocycles. The second-order valence-electron chi connectivity index (χ2n) is 6.87. The molecule has 0 atom stereocenters. The lowest BCUT2D eigenvalue weighted by Gasteiger charge is -2.27. The van der Waals surface area contributed by atoms with E-state index in [2.05, 4.69) is 27.5 Å². The van der Waals surface area contributed by atoms with Gasteiger partial charge in [0.2, 0.25) is 0 Å². The van der Waals surface area contributed by atoms with Gasteiger partial charge in [0, 0.05) is 48.5 Å². The predicted molar refractivity (Wildman–Crippen MR) is 103 cm³/mol. The average molecular weight is 392 g/mol. The van der Waals surface area contributed by atoms with E-state index in [1.807, 2.05) is 12.1 Å². The number of nitrogens with one attached hydrogen (secondary N) is 1. The molecule has 6 heteroatoms. The van der Waals surface area contributed by atoms with Crippen LogP contribution in [0.4, 0.5) is 4.39 Å². The summed E-state index contributed by atoms with van der Waals surface area (Å²) in [7, 11) is 0. The van der Waals surface area contributed by atoms with Crippen molar-refractivity contribution < 1.29 is 4.39 Å². The second-order valence-corrected chi connectivity index (χ2v) is 7.72. The molecule has 4 rings (SSSR count). The third kappa shape index (κ3) is 4.04. The van der Waals surface area contributed by atoms with E-state index in [0.29, 0.717) is 11.6 Å². The molecule has 0 fully saturated rings. The smallest absolute Gasteiger partial charge is 0.124 e. The van der Waals surface area contributed by atoms with E-state index in [9.17, 15) is 4.39 Å². The first kappa shape index (κ1) is 17.8.